The van der Waals surface area contributed by atoms with E-state index in [0.29, 0.717) is 24.6 Å². The molecule has 1 atom stereocenters. The minimum Gasteiger partial charge on any atom is -0.493 e. The number of aromatic nitrogens is 1. The largest absolute Gasteiger partial charge is 0.493 e. The highest BCUT2D eigenvalue weighted by Gasteiger charge is 2.17. The molecule has 0 saturated carbocycles. The van der Waals surface area contributed by atoms with Crippen molar-refractivity contribution in [2.24, 2.45) is 0 Å². The van der Waals surface area contributed by atoms with Gasteiger partial charge in [0.2, 0.25) is 0 Å². The van der Waals surface area contributed by atoms with Crippen LogP contribution >= 0.6 is 0 Å². The van der Waals surface area contributed by atoms with Gasteiger partial charge in [0, 0.05) is 44.1 Å². The van der Waals surface area contributed by atoms with Crippen LogP contribution in [0.4, 0.5) is 0 Å². The summed E-state index contributed by atoms with van der Waals surface area (Å²) in [7, 11) is 1.63. The van der Waals surface area contributed by atoms with E-state index in [1.165, 1.54) is 5.56 Å². The van der Waals surface area contributed by atoms with E-state index in [4.69, 9.17) is 14.2 Å². The van der Waals surface area contributed by atoms with Crippen molar-refractivity contribution in [1.29, 1.82) is 0 Å². The summed E-state index contributed by atoms with van der Waals surface area (Å²) in [6, 6.07) is 9.87. The summed E-state index contributed by atoms with van der Waals surface area (Å²) in [6.45, 7) is 5.42. The van der Waals surface area contributed by atoms with Gasteiger partial charge in [-0.2, -0.15) is 0 Å². The maximum atomic E-state index is 10.4. The number of morpholine rings is 1. The Morgan fingerprint density at radius 3 is 2.86 bits per heavy atom. The Morgan fingerprint density at radius 2 is 2.10 bits per heavy atom. The van der Waals surface area contributed by atoms with Crippen LogP contribution < -0.4 is 14.8 Å². The highest BCUT2D eigenvalue weighted by Crippen LogP contribution is 2.31. The number of benzene rings is 1. The molecule has 7 heteroatoms. The van der Waals surface area contributed by atoms with E-state index in [-0.39, 0.29) is 6.61 Å². The highest BCUT2D eigenvalue weighted by molar-refractivity contribution is 5.46. The number of para-hydroxylation sites is 1. The van der Waals surface area contributed by atoms with Crippen LogP contribution in [0.2, 0.25) is 0 Å². The molecular formula is C22H31N3O4. The second-order valence-corrected chi connectivity index (χ2v) is 7.11. The van der Waals surface area contributed by atoms with E-state index < -0.39 is 6.10 Å². The van der Waals surface area contributed by atoms with Crippen molar-refractivity contribution in [3.8, 4) is 11.5 Å². The minimum atomic E-state index is -0.565. The van der Waals surface area contributed by atoms with Crippen LogP contribution in [0.15, 0.2) is 42.7 Å². The van der Waals surface area contributed by atoms with Crippen LogP contribution in [0.1, 0.15) is 11.1 Å². The van der Waals surface area contributed by atoms with Gasteiger partial charge >= 0.3 is 0 Å². The Hall–Kier alpha value is -2.19. The molecule has 1 fully saturated rings. The summed E-state index contributed by atoms with van der Waals surface area (Å²) in [5.74, 6) is 1.36. The number of nitrogens with one attached hydrogen (secondary N) is 1. The van der Waals surface area contributed by atoms with E-state index in [2.05, 4.69) is 21.3 Å². The smallest absolute Gasteiger partial charge is 0.165 e. The third-order valence-corrected chi connectivity index (χ3v) is 4.90. The number of methoxy groups -OCH3 is 1. The zero-order valence-corrected chi connectivity index (χ0v) is 17.0. The highest BCUT2D eigenvalue weighted by atomic mass is 16.5. The number of rotatable bonds is 11. The maximum Gasteiger partial charge on any atom is 0.165 e. The Kier molecular flexibility index (Phi) is 8.70. The number of aliphatic hydroxyl groups excluding tert-OH is 1. The molecule has 1 aromatic carbocycles. The van der Waals surface area contributed by atoms with Gasteiger partial charge in [0.15, 0.2) is 11.5 Å². The Morgan fingerprint density at radius 1 is 1.24 bits per heavy atom. The molecule has 1 aliphatic heterocycles. The first kappa shape index (κ1) is 21.5. The fourth-order valence-corrected chi connectivity index (χ4v) is 3.34. The summed E-state index contributed by atoms with van der Waals surface area (Å²) >= 11 is 0. The zero-order valence-electron chi connectivity index (χ0n) is 17.0. The molecule has 0 amide bonds. The van der Waals surface area contributed by atoms with Crippen molar-refractivity contribution in [1.82, 2.24) is 15.2 Å². The summed E-state index contributed by atoms with van der Waals surface area (Å²) in [5, 5.41) is 13.8. The molecule has 7 nitrogen and oxygen atoms in total. The molecule has 1 aliphatic rings. The predicted octanol–water partition coefficient (Wildman–Crippen LogP) is 1.49. The number of pyridine rings is 1. The van der Waals surface area contributed by atoms with Gasteiger partial charge in [-0.05, 0) is 30.7 Å². The van der Waals surface area contributed by atoms with Crippen LogP contribution in [0.3, 0.4) is 0 Å². The topological polar surface area (TPSA) is 76.1 Å². The molecule has 2 N–H and O–H groups in total. The van der Waals surface area contributed by atoms with Gasteiger partial charge in [-0.25, -0.2) is 0 Å². The summed E-state index contributed by atoms with van der Waals surface area (Å²) in [5.41, 5.74) is 2.21. The van der Waals surface area contributed by atoms with Gasteiger partial charge in [0.25, 0.3) is 0 Å². The molecule has 2 heterocycles. The van der Waals surface area contributed by atoms with Crippen molar-refractivity contribution >= 4 is 0 Å². The first-order valence-electron chi connectivity index (χ1n) is 10.1. The molecule has 0 aliphatic carbocycles. The lowest BCUT2D eigenvalue weighted by Gasteiger charge is -2.28. The summed E-state index contributed by atoms with van der Waals surface area (Å²) in [6.07, 6.45) is 4.01. The molecule has 0 bridgehead atoms. The van der Waals surface area contributed by atoms with Crippen LogP contribution in [-0.4, -0.2) is 74.2 Å². The van der Waals surface area contributed by atoms with Crippen molar-refractivity contribution in [2.45, 2.75) is 19.1 Å². The molecule has 0 unspecified atom stereocenters. The molecule has 1 aromatic heterocycles. The van der Waals surface area contributed by atoms with E-state index in [1.807, 2.05) is 30.5 Å². The first-order chi connectivity index (χ1) is 14.3. The monoisotopic (exact) mass is 401 g/mol. The molecule has 29 heavy (non-hydrogen) atoms. The van der Waals surface area contributed by atoms with Crippen LogP contribution in [-0.2, 0) is 17.7 Å². The predicted molar refractivity (Wildman–Crippen MR) is 111 cm³/mol. The molecule has 0 spiro atoms. The second kappa shape index (κ2) is 11.7. The van der Waals surface area contributed by atoms with Crippen LogP contribution in [0.25, 0.3) is 0 Å². The van der Waals surface area contributed by atoms with E-state index >= 15 is 0 Å². The van der Waals surface area contributed by atoms with Gasteiger partial charge < -0.3 is 24.6 Å². The quantitative estimate of drug-likeness (QED) is 0.553. The lowest BCUT2D eigenvalue weighted by atomic mass is 10.1. The SMILES string of the molecule is COc1cccc(CNCCc2cccnc2)c1OC[C@@H](O)CN1CCOCC1. The summed E-state index contributed by atoms with van der Waals surface area (Å²) in [4.78, 5) is 6.34. The van der Waals surface area contributed by atoms with Crippen LogP contribution in [0, 0.1) is 0 Å². The fraction of sp³-hybridized carbons (Fsp3) is 0.500. The van der Waals surface area contributed by atoms with Gasteiger partial charge in [-0.15, -0.1) is 0 Å². The molecular weight excluding hydrogens is 370 g/mol. The van der Waals surface area contributed by atoms with Crippen molar-refractivity contribution < 1.29 is 19.3 Å². The average Bonchev–Trinajstić information content (AvgIpc) is 2.77. The van der Waals surface area contributed by atoms with Crippen LogP contribution in [0.5, 0.6) is 11.5 Å². The molecule has 1 saturated heterocycles. The number of β-amino-alcohol motifs (C(OH)–C–C–N with tert-alkyl or cyclic N) is 1. The van der Waals surface area contributed by atoms with Crippen molar-refractivity contribution in [3.63, 3.8) is 0 Å². The third kappa shape index (κ3) is 6.97. The van der Waals surface area contributed by atoms with E-state index in [9.17, 15) is 5.11 Å². The minimum absolute atomic E-state index is 0.223. The maximum absolute atomic E-state index is 10.4. The second-order valence-electron chi connectivity index (χ2n) is 7.11. The average molecular weight is 402 g/mol. The van der Waals surface area contributed by atoms with Gasteiger partial charge in [-0.1, -0.05) is 18.2 Å². The number of ether oxygens (including phenoxy) is 3. The van der Waals surface area contributed by atoms with Crippen molar-refractivity contribution in [3.05, 3.63) is 53.9 Å². The molecule has 2 aromatic rings. The Labute approximate surface area is 172 Å². The lowest BCUT2D eigenvalue weighted by molar-refractivity contribution is 0.00436. The molecule has 3 rings (SSSR count). The summed E-state index contributed by atoms with van der Waals surface area (Å²) < 4.78 is 16.8. The van der Waals surface area contributed by atoms with Gasteiger partial charge in [-0.3, -0.25) is 9.88 Å². The fourth-order valence-electron chi connectivity index (χ4n) is 3.34. The molecule has 158 valence electrons. The Bertz CT molecular complexity index is 723. The van der Waals surface area contributed by atoms with Gasteiger partial charge in [0.1, 0.15) is 12.7 Å². The first-order valence-corrected chi connectivity index (χ1v) is 10.1. The zero-order chi connectivity index (χ0) is 20.3. The lowest BCUT2D eigenvalue weighted by Crippen LogP contribution is -2.42. The third-order valence-electron chi connectivity index (χ3n) is 4.90. The Balaban J connectivity index is 1.51. The molecule has 0 radical (unpaired) electrons. The number of hydrogen-bond donors (Lipinski definition) is 2. The van der Waals surface area contributed by atoms with Crippen molar-refractivity contribution in [2.75, 3.05) is 53.1 Å². The van der Waals surface area contributed by atoms with E-state index in [1.54, 1.807) is 13.3 Å². The normalized spacial score (nSPS) is 15.8. The van der Waals surface area contributed by atoms with Gasteiger partial charge in [0.05, 0.1) is 20.3 Å². The van der Waals surface area contributed by atoms with E-state index in [0.717, 1.165) is 44.8 Å². The number of aliphatic hydroxyl groups is 1. The standard InChI is InChI=1S/C22H31N3O4/c1-27-21-6-2-5-19(15-24-9-7-18-4-3-8-23-14-18)22(21)29-17-20(26)16-25-10-12-28-13-11-25/h2-6,8,14,20,24,26H,7,9-13,15-17H2,1H3/t20-/m0/s1. The number of hydrogen-bond acceptors (Lipinski definition) is 7. The number of nitrogens with zero attached hydrogens (tertiary/aromatic N) is 2.